The zero-order valence-electron chi connectivity index (χ0n) is 10.9. The number of hydrogen-bond donors (Lipinski definition) is 2. The molecular formula is C13H13F2N3O2S. The fraction of sp³-hybridized carbons (Fsp3) is 0.385. The number of hydrogen-bond acceptors (Lipinski definition) is 5. The van der Waals surface area contributed by atoms with Crippen LogP contribution in [0.4, 0.5) is 8.78 Å². The third-order valence-corrected chi connectivity index (χ3v) is 4.06. The van der Waals surface area contributed by atoms with Crippen LogP contribution in [0.5, 0.6) is 0 Å². The second-order valence-electron chi connectivity index (χ2n) is 4.83. The van der Waals surface area contributed by atoms with Gasteiger partial charge in [-0.3, -0.25) is 10.1 Å². The van der Waals surface area contributed by atoms with Gasteiger partial charge < -0.3 is 9.73 Å². The maximum Gasteiger partial charge on any atom is 0.262 e. The number of nitrogens with zero attached hydrogens (tertiary/aromatic N) is 1. The maximum absolute atomic E-state index is 13.0. The Bertz CT molecular complexity index is 627. The molecular weight excluding hydrogens is 300 g/mol. The Morgan fingerprint density at radius 3 is 3.14 bits per heavy atom. The minimum absolute atomic E-state index is 0.208. The number of furan rings is 1. The van der Waals surface area contributed by atoms with Gasteiger partial charge in [-0.1, -0.05) is 0 Å². The van der Waals surface area contributed by atoms with Gasteiger partial charge in [0.05, 0.1) is 31.1 Å². The highest BCUT2D eigenvalue weighted by Crippen LogP contribution is 2.26. The van der Waals surface area contributed by atoms with Gasteiger partial charge in [0, 0.05) is 11.8 Å². The van der Waals surface area contributed by atoms with E-state index in [2.05, 4.69) is 15.6 Å². The van der Waals surface area contributed by atoms with Crippen LogP contribution in [0.3, 0.4) is 0 Å². The van der Waals surface area contributed by atoms with Crippen LogP contribution in [0.25, 0.3) is 10.8 Å². The van der Waals surface area contributed by atoms with E-state index in [1.54, 1.807) is 23.8 Å². The van der Waals surface area contributed by atoms with E-state index >= 15 is 0 Å². The van der Waals surface area contributed by atoms with Crippen molar-refractivity contribution in [2.45, 2.75) is 24.9 Å². The molecule has 2 aromatic heterocycles. The normalized spacial score (nSPS) is 20.6. The van der Waals surface area contributed by atoms with Gasteiger partial charge in [0.25, 0.3) is 5.92 Å². The lowest BCUT2D eigenvalue weighted by Crippen LogP contribution is -2.40. The van der Waals surface area contributed by atoms with Crippen molar-refractivity contribution in [2.24, 2.45) is 0 Å². The SMILES string of the molecule is O=C(NCc1csc(-c2ccco2)n1)C1CC(F)(F)CN1. The molecule has 1 unspecified atom stereocenters. The molecule has 0 bridgehead atoms. The van der Waals surface area contributed by atoms with Gasteiger partial charge in [0.15, 0.2) is 10.8 Å². The Kier molecular flexibility index (Phi) is 3.73. The van der Waals surface area contributed by atoms with E-state index in [0.29, 0.717) is 11.5 Å². The zero-order valence-corrected chi connectivity index (χ0v) is 11.8. The van der Waals surface area contributed by atoms with Crippen LogP contribution in [0.2, 0.25) is 0 Å². The molecule has 2 aromatic rings. The number of alkyl halides is 2. The summed E-state index contributed by atoms with van der Waals surface area (Å²) in [7, 11) is 0. The molecule has 8 heteroatoms. The van der Waals surface area contributed by atoms with Gasteiger partial charge in [-0.2, -0.15) is 0 Å². The van der Waals surface area contributed by atoms with Crippen LogP contribution in [0.15, 0.2) is 28.2 Å². The maximum atomic E-state index is 13.0. The van der Waals surface area contributed by atoms with Crippen molar-refractivity contribution in [3.8, 4) is 10.8 Å². The average Bonchev–Trinajstić information content (AvgIpc) is 3.15. The monoisotopic (exact) mass is 313 g/mol. The highest BCUT2D eigenvalue weighted by Gasteiger charge is 2.42. The van der Waals surface area contributed by atoms with E-state index in [4.69, 9.17) is 4.42 Å². The van der Waals surface area contributed by atoms with Crippen molar-refractivity contribution in [1.29, 1.82) is 0 Å². The van der Waals surface area contributed by atoms with E-state index in [-0.39, 0.29) is 6.54 Å². The second-order valence-corrected chi connectivity index (χ2v) is 5.69. The lowest BCUT2D eigenvalue weighted by molar-refractivity contribution is -0.123. The number of nitrogens with one attached hydrogen (secondary N) is 2. The number of carbonyl (C=O) groups is 1. The minimum atomic E-state index is -2.81. The molecule has 1 aliphatic rings. The fourth-order valence-electron chi connectivity index (χ4n) is 2.10. The number of rotatable bonds is 4. The van der Waals surface area contributed by atoms with E-state index in [0.717, 1.165) is 5.01 Å². The molecule has 1 saturated heterocycles. The van der Waals surface area contributed by atoms with Gasteiger partial charge in [0.1, 0.15) is 0 Å². The smallest absolute Gasteiger partial charge is 0.262 e. The van der Waals surface area contributed by atoms with Crippen LogP contribution >= 0.6 is 11.3 Å². The van der Waals surface area contributed by atoms with E-state index in [1.165, 1.54) is 11.3 Å². The van der Waals surface area contributed by atoms with Crippen LogP contribution in [-0.4, -0.2) is 29.4 Å². The topological polar surface area (TPSA) is 67.2 Å². The van der Waals surface area contributed by atoms with Crippen LogP contribution < -0.4 is 10.6 Å². The number of carbonyl (C=O) groups excluding carboxylic acids is 1. The average molecular weight is 313 g/mol. The Hall–Kier alpha value is -1.80. The third kappa shape index (κ3) is 3.27. The number of amides is 1. The predicted molar refractivity (Wildman–Crippen MR) is 73.0 cm³/mol. The number of thiazole rings is 1. The van der Waals surface area contributed by atoms with Crippen molar-refractivity contribution in [3.05, 3.63) is 29.5 Å². The second kappa shape index (κ2) is 5.53. The van der Waals surface area contributed by atoms with Crippen molar-refractivity contribution in [1.82, 2.24) is 15.6 Å². The molecule has 0 spiro atoms. The van der Waals surface area contributed by atoms with Gasteiger partial charge in [-0.15, -0.1) is 11.3 Å². The summed E-state index contributed by atoms with van der Waals surface area (Å²) in [5.74, 6) is -2.58. The summed E-state index contributed by atoms with van der Waals surface area (Å²) in [6, 6.07) is 2.72. The quantitative estimate of drug-likeness (QED) is 0.906. The van der Waals surface area contributed by atoms with Crippen molar-refractivity contribution in [2.75, 3.05) is 6.54 Å². The van der Waals surface area contributed by atoms with E-state index in [9.17, 15) is 13.6 Å². The molecule has 112 valence electrons. The molecule has 3 heterocycles. The van der Waals surface area contributed by atoms with Gasteiger partial charge in [0.2, 0.25) is 5.91 Å². The first-order chi connectivity index (χ1) is 10.0. The van der Waals surface area contributed by atoms with E-state index < -0.39 is 30.8 Å². The molecule has 1 amide bonds. The largest absolute Gasteiger partial charge is 0.462 e. The van der Waals surface area contributed by atoms with Crippen LogP contribution in [0.1, 0.15) is 12.1 Å². The molecule has 0 aliphatic carbocycles. The first kappa shape index (κ1) is 14.2. The Morgan fingerprint density at radius 2 is 2.48 bits per heavy atom. The summed E-state index contributed by atoms with van der Waals surface area (Å²) >= 11 is 1.40. The first-order valence-electron chi connectivity index (χ1n) is 6.41. The molecule has 21 heavy (non-hydrogen) atoms. The molecule has 2 N–H and O–H groups in total. The summed E-state index contributed by atoms with van der Waals surface area (Å²) in [6.07, 6.45) is 1.09. The van der Waals surface area contributed by atoms with Gasteiger partial charge >= 0.3 is 0 Å². The van der Waals surface area contributed by atoms with Crippen LogP contribution in [-0.2, 0) is 11.3 Å². The Morgan fingerprint density at radius 1 is 1.62 bits per heavy atom. The summed E-state index contributed by atoms with van der Waals surface area (Å²) in [4.78, 5) is 16.1. The summed E-state index contributed by atoms with van der Waals surface area (Å²) in [6.45, 7) is -0.246. The molecule has 1 atom stereocenters. The van der Waals surface area contributed by atoms with Crippen molar-refractivity contribution < 1.29 is 18.0 Å². The van der Waals surface area contributed by atoms with Crippen molar-refractivity contribution in [3.63, 3.8) is 0 Å². The van der Waals surface area contributed by atoms with Crippen molar-refractivity contribution >= 4 is 17.2 Å². The summed E-state index contributed by atoms with van der Waals surface area (Å²) < 4.78 is 31.3. The van der Waals surface area contributed by atoms with E-state index in [1.807, 2.05) is 0 Å². The molecule has 1 aliphatic heterocycles. The Balaban J connectivity index is 1.55. The standard InChI is InChI=1S/C13H13F2N3O2S/c14-13(15)4-9(17-7-13)11(19)16-5-8-6-21-12(18-8)10-2-1-3-20-10/h1-3,6,9,17H,4-5,7H2,(H,16,19). The fourth-order valence-corrected chi connectivity index (χ4v) is 2.89. The zero-order chi connectivity index (χ0) is 14.9. The molecule has 5 nitrogen and oxygen atoms in total. The lowest BCUT2D eigenvalue weighted by atomic mass is 10.2. The molecule has 3 rings (SSSR count). The summed E-state index contributed by atoms with van der Waals surface area (Å²) in [5.41, 5.74) is 0.671. The third-order valence-electron chi connectivity index (χ3n) is 3.15. The highest BCUT2D eigenvalue weighted by atomic mass is 32.1. The molecule has 0 radical (unpaired) electrons. The number of halogens is 2. The van der Waals surface area contributed by atoms with Crippen LogP contribution in [0, 0.1) is 0 Å². The lowest BCUT2D eigenvalue weighted by Gasteiger charge is -2.10. The molecule has 0 saturated carbocycles. The van der Waals surface area contributed by atoms with Gasteiger partial charge in [-0.25, -0.2) is 13.8 Å². The minimum Gasteiger partial charge on any atom is -0.462 e. The Labute approximate surface area is 123 Å². The highest BCUT2D eigenvalue weighted by molar-refractivity contribution is 7.13. The number of aromatic nitrogens is 1. The first-order valence-corrected chi connectivity index (χ1v) is 7.29. The molecule has 0 aromatic carbocycles. The van der Waals surface area contributed by atoms with Gasteiger partial charge in [-0.05, 0) is 12.1 Å². The summed E-state index contributed by atoms with van der Waals surface area (Å²) in [5, 5.41) is 7.65. The molecule has 1 fully saturated rings. The predicted octanol–water partition coefficient (Wildman–Crippen LogP) is 2.02.